The van der Waals surface area contributed by atoms with Gasteiger partial charge in [-0.2, -0.15) is 0 Å². The summed E-state index contributed by atoms with van der Waals surface area (Å²) in [4.78, 5) is 23.6. The van der Waals surface area contributed by atoms with Crippen molar-refractivity contribution in [1.29, 1.82) is 0 Å². The molecule has 6 nitrogen and oxygen atoms in total. The predicted octanol–water partition coefficient (Wildman–Crippen LogP) is 0.303. The molecule has 0 saturated heterocycles. The van der Waals surface area contributed by atoms with Crippen molar-refractivity contribution < 1.29 is 19.4 Å². The number of aliphatic carboxylic acids is 1. The van der Waals surface area contributed by atoms with E-state index in [1.807, 2.05) is 0 Å². The van der Waals surface area contributed by atoms with Gasteiger partial charge in [-0.1, -0.05) is 6.08 Å². The monoisotopic (exact) mass is 230 g/mol. The predicted molar refractivity (Wildman–Crippen MR) is 59.3 cm³/mol. The van der Waals surface area contributed by atoms with Crippen molar-refractivity contribution in [3.63, 3.8) is 0 Å². The number of carbonyl (C=O) groups excluding carboxylic acids is 1. The van der Waals surface area contributed by atoms with Crippen LogP contribution in [0, 0.1) is 0 Å². The third-order valence-electron chi connectivity index (χ3n) is 1.91. The quantitative estimate of drug-likeness (QED) is 0.617. The lowest BCUT2D eigenvalue weighted by Gasteiger charge is -2.22. The minimum atomic E-state index is -1.07. The number of methoxy groups -OCH3 is 1. The van der Waals surface area contributed by atoms with E-state index in [1.54, 1.807) is 6.08 Å². The Balaban J connectivity index is 4.25. The van der Waals surface area contributed by atoms with Gasteiger partial charge in [0, 0.05) is 20.2 Å². The first-order valence-corrected chi connectivity index (χ1v) is 4.91. The van der Waals surface area contributed by atoms with Gasteiger partial charge in [-0.25, -0.2) is 4.79 Å². The molecule has 2 amide bonds. The molecule has 0 aliphatic heterocycles. The first kappa shape index (κ1) is 14.4. The van der Waals surface area contributed by atoms with Gasteiger partial charge in [0.2, 0.25) is 0 Å². The lowest BCUT2D eigenvalue weighted by atomic mass is 10.3. The zero-order valence-corrected chi connectivity index (χ0v) is 9.60. The lowest BCUT2D eigenvalue weighted by molar-refractivity contribution is -0.138. The van der Waals surface area contributed by atoms with Gasteiger partial charge in [-0.15, -0.1) is 6.58 Å². The molecule has 0 rings (SSSR count). The van der Waals surface area contributed by atoms with E-state index in [2.05, 4.69) is 11.9 Å². The molecule has 0 aromatic rings. The van der Waals surface area contributed by atoms with Gasteiger partial charge in [0.15, 0.2) is 0 Å². The summed E-state index contributed by atoms with van der Waals surface area (Å²) in [5.41, 5.74) is 0. The minimum Gasteiger partial charge on any atom is -0.480 e. The normalized spacial score (nSPS) is 11.6. The summed E-state index contributed by atoms with van der Waals surface area (Å²) < 4.78 is 4.85. The number of carboxylic acid groups (broad SMARTS) is 1. The zero-order chi connectivity index (χ0) is 12.6. The molecule has 92 valence electrons. The fourth-order valence-electron chi connectivity index (χ4n) is 0.971. The summed E-state index contributed by atoms with van der Waals surface area (Å²) in [6.07, 6.45) is 1.57. The van der Waals surface area contributed by atoms with Crippen LogP contribution in [0.4, 0.5) is 4.79 Å². The number of nitrogens with zero attached hydrogens (tertiary/aromatic N) is 1. The van der Waals surface area contributed by atoms with Gasteiger partial charge in [0.1, 0.15) is 6.04 Å². The molecule has 0 spiro atoms. The molecular weight excluding hydrogens is 212 g/mol. The van der Waals surface area contributed by atoms with E-state index >= 15 is 0 Å². The molecule has 0 aliphatic rings. The highest BCUT2D eigenvalue weighted by molar-refractivity contribution is 5.82. The maximum atomic E-state index is 11.6. The molecule has 0 unspecified atom stereocenters. The molecule has 2 N–H and O–H groups in total. The van der Waals surface area contributed by atoms with Crippen LogP contribution in [0.3, 0.4) is 0 Å². The van der Waals surface area contributed by atoms with Crippen molar-refractivity contribution in [2.75, 3.05) is 26.8 Å². The average Bonchev–Trinajstić information content (AvgIpc) is 2.23. The van der Waals surface area contributed by atoms with Crippen LogP contribution in [-0.4, -0.2) is 54.9 Å². The van der Waals surface area contributed by atoms with Crippen LogP contribution in [0.5, 0.6) is 0 Å². The highest BCUT2D eigenvalue weighted by Crippen LogP contribution is 1.93. The summed E-state index contributed by atoms with van der Waals surface area (Å²) in [6, 6.07) is -1.35. The van der Waals surface area contributed by atoms with Crippen molar-refractivity contribution >= 4 is 12.0 Å². The van der Waals surface area contributed by atoms with Crippen molar-refractivity contribution in [2.24, 2.45) is 0 Å². The second-order valence-corrected chi connectivity index (χ2v) is 3.24. The SMILES string of the molecule is C=CCN(CCOC)C(=O)N[C@H](C)C(=O)O. The minimum absolute atomic E-state index is 0.349. The Kier molecular flexibility index (Phi) is 6.95. The number of rotatable bonds is 7. The smallest absolute Gasteiger partial charge is 0.325 e. The first-order valence-electron chi connectivity index (χ1n) is 4.91. The molecule has 16 heavy (non-hydrogen) atoms. The van der Waals surface area contributed by atoms with Gasteiger partial charge < -0.3 is 20.1 Å². The van der Waals surface area contributed by atoms with Crippen LogP contribution in [0.25, 0.3) is 0 Å². The summed E-state index contributed by atoms with van der Waals surface area (Å²) >= 11 is 0. The number of urea groups is 1. The third kappa shape index (κ3) is 5.35. The maximum absolute atomic E-state index is 11.6. The van der Waals surface area contributed by atoms with Gasteiger partial charge in [-0.3, -0.25) is 4.79 Å². The fraction of sp³-hybridized carbons (Fsp3) is 0.600. The molecule has 1 atom stereocenters. The average molecular weight is 230 g/mol. The van der Waals surface area contributed by atoms with E-state index in [0.29, 0.717) is 19.7 Å². The Morgan fingerprint density at radius 1 is 1.62 bits per heavy atom. The molecule has 0 aromatic heterocycles. The molecule has 0 fully saturated rings. The molecule has 0 aliphatic carbocycles. The van der Waals surface area contributed by atoms with Crippen LogP contribution in [0.1, 0.15) is 6.92 Å². The maximum Gasteiger partial charge on any atom is 0.325 e. The van der Waals surface area contributed by atoms with Crippen molar-refractivity contribution in [2.45, 2.75) is 13.0 Å². The lowest BCUT2D eigenvalue weighted by Crippen LogP contribution is -2.47. The van der Waals surface area contributed by atoms with Crippen molar-refractivity contribution in [3.05, 3.63) is 12.7 Å². The molecule has 0 saturated carbocycles. The topological polar surface area (TPSA) is 78.9 Å². The Hall–Kier alpha value is -1.56. The number of carbonyl (C=O) groups is 2. The van der Waals surface area contributed by atoms with Crippen LogP contribution < -0.4 is 5.32 Å². The van der Waals surface area contributed by atoms with Crippen LogP contribution in [0.15, 0.2) is 12.7 Å². The highest BCUT2D eigenvalue weighted by atomic mass is 16.5. The number of nitrogens with one attached hydrogen (secondary N) is 1. The van der Waals surface area contributed by atoms with E-state index in [-0.39, 0.29) is 0 Å². The first-order chi connectivity index (χ1) is 7.52. The molecule has 6 heteroatoms. The van der Waals surface area contributed by atoms with E-state index in [0.717, 1.165) is 0 Å². The van der Waals surface area contributed by atoms with E-state index in [9.17, 15) is 9.59 Å². The van der Waals surface area contributed by atoms with Crippen LogP contribution in [-0.2, 0) is 9.53 Å². The largest absolute Gasteiger partial charge is 0.480 e. The zero-order valence-electron chi connectivity index (χ0n) is 9.60. The standard InChI is InChI=1S/C10H18N2O4/c1-4-5-12(6-7-16-3)10(15)11-8(2)9(13)14/h4,8H,1,5-7H2,2-3H3,(H,11,15)(H,13,14)/t8-/m1/s1. The third-order valence-corrected chi connectivity index (χ3v) is 1.91. The van der Waals surface area contributed by atoms with Gasteiger partial charge in [0.05, 0.1) is 6.61 Å². The van der Waals surface area contributed by atoms with Crippen LogP contribution in [0.2, 0.25) is 0 Å². The van der Waals surface area contributed by atoms with Crippen molar-refractivity contribution in [3.8, 4) is 0 Å². The Bertz CT molecular complexity index is 255. The van der Waals surface area contributed by atoms with Gasteiger partial charge in [-0.05, 0) is 6.92 Å². The molecule has 0 bridgehead atoms. The van der Waals surface area contributed by atoms with Gasteiger partial charge in [0.25, 0.3) is 0 Å². The van der Waals surface area contributed by atoms with Crippen LogP contribution >= 0.6 is 0 Å². The fourth-order valence-corrected chi connectivity index (χ4v) is 0.971. The number of carboxylic acids is 1. The number of ether oxygens (including phenoxy) is 1. The number of hydrogen-bond donors (Lipinski definition) is 2. The molecular formula is C10H18N2O4. The summed E-state index contributed by atoms with van der Waals surface area (Å²) in [5.74, 6) is -1.07. The van der Waals surface area contributed by atoms with Crippen molar-refractivity contribution in [1.82, 2.24) is 10.2 Å². The number of amides is 2. The summed E-state index contributed by atoms with van der Waals surface area (Å²) in [5, 5.41) is 11.0. The van der Waals surface area contributed by atoms with E-state index in [1.165, 1.54) is 18.9 Å². The summed E-state index contributed by atoms with van der Waals surface area (Å²) in [7, 11) is 1.53. The molecule has 0 heterocycles. The highest BCUT2D eigenvalue weighted by Gasteiger charge is 2.18. The van der Waals surface area contributed by atoms with E-state index < -0.39 is 18.0 Å². The Morgan fingerprint density at radius 2 is 2.25 bits per heavy atom. The Labute approximate surface area is 94.9 Å². The molecule has 0 aromatic carbocycles. The second kappa shape index (κ2) is 7.70. The Morgan fingerprint density at radius 3 is 2.69 bits per heavy atom. The summed E-state index contributed by atoms with van der Waals surface area (Å²) in [6.45, 7) is 6.06. The molecule has 0 radical (unpaired) electrons. The second-order valence-electron chi connectivity index (χ2n) is 3.24. The van der Waals surface area contributed by atoms with Gasteiger partial charge >= 0.3 is 12.0 Å². The number of hydrogen-bond acceptors (Lipinski definition) is 3. The van der Waals surface area contributed by atoms with E-state index in [4.69, 9.17) is 9.84 Å².